The second kappa shape index (κ2) is 4.84. The number of nitrogens with zero attached hydrogens (tertiary/aromatic N) is 3. The van der Waals surface area contributed by atoms with Crippen molar-refractivity contribution < 1.29 is 4.74 Å². The largest absolute Gasteiger partial charge is 0.472 e. The Bertz CT molecular complexity index is 436. The lowest BCUT2D eigenvalue weighted by Gasteiger charge is -2.03. The van der Waals surface area contributed by atoms with E-state index in [-0.39, 0.29) is 0 Å². The van der Waals surface area contributed by atoms with Crippen molar-refractivity contribution in [2.75, 3.05) is 0 Å². The number of halogens is 1. The molecule has 0 saturated carbocycles. The molecule has 0 atom stereocenters. The van der Waals surface area contributed by atoms with Crippen molar-refractivity contribution in [3.05, 3.63) is 47.1 Å². The Morgan fingerprint density at radius 2 is 2.13 bits per heavy atom. The molecular weight excluding hydrogens is 258 g/mol. The van der Waals surface area contributed by atoms with Gasteiger partial charge in [-0.1, -0.05) is 6.07 Å². The maximum atomic E-state index is 5.43. The van der Waals surface area contributed by atoms with Gasteiger partial charge in [-0.15, -0.1) is 0 Å². The van der Waals surface area contributed by atoms with Crippen LogP contribution in [0.15, 0.2) is 41.5 Å². The molecule has 2 rings (SSSR count). The van der Waals surface area contributed by atoms with Crippen LogP contribution in [0, 0.1) is 0 Å². The quantitative estimate of drug-likeness (QED) is 0.854. The van der Waals surface area contributed by atoms with Gasteiger partial charge in [-0.05, 0) is 22.0 Å². The average molecular weight is 266 g/mol. The predicted molar refractivity (Wildman–Crippen MR) is 58.3 cm³/mol. The summed E-state index contributed by atoms with van der Waals surface area (Å²) in [6.07, 6.45) is 6.66. The highest BCUT2D eigenvalue weighted by molar-refractivity contribution is 9.10. The first-order valence-electron chi connectivity index (χ1n) is 4.34. The van der Waals surface area contributed by atoms with E-state index >= 15 is 0 Å². The molecule has 0 amide bonds. The molecule has 0 saturated heterocycles. The number of ether oxygens (including phenoxy) is 1. The molecule has 5 heteroatoms. The lowest BCUT2D eigenvalue weighted by Crippen LogP contribution is -1.98. The zero-order valence-corrected chi connectivity index (χ0v) is 9.39. The van der Waals surface area contributed by atoms with Crippen molar-refractivity contribution in [2.24, 2.45) is 0 Å². The van der Waals surface area contributed by atoms with Crippen LogP contribution in [0.2, 0.25) is 0 Å². The fourth-order valence-corrected chi connectivity index (χ4v) is 1.33. The van der Waals surface area contributed by atoms with Gasteiger partial charge in [-0.2, -0.15) is 0 Å². The van der Waals surface area contributed by atoms with E-state index in [2.05, 4.69) is 30.9 Å². The van der Waals surface area contributed by atoms with Crippen LogP contribution in [0.5, 0.6) is 5.88 Å². The van der Waals surface area contributed by atoms with Crippen molar-refractivity contribution in [1.82, 2.24) is 15.0 Å². The summed E-state index contributed by atoms with van der Waals surface area (Å²) >= 11 is 3.22. The minimum Gasteiger partial charge on any atom is -0.472 e. The first-order chi connectivity index (χ1) is 7.34. The molecule has 0 aliphatic rings. The van der Waals surface area contributed by atoms with Gasteiger partial charge in [0.25, 0.3) is 0 Å². The molecule has 0 aliphatic carbocycles. The molecule has 0 radical (unpaired) electrons. The molecule has 2 aromatic rings. The van der Waals surface area contributed by atoms with Crippen LogP contribution in [0.1, 0.15) is 5.56 Å². The molecule has 4 nitrogen and oxygen atoms in total. The standard InChI is InChI=1S/C10H8BrN3O/c11-9-5-13-6-10(14-9)15-7-8-2-1-3-12-4-8/h1-6H,7H2. The summed E-state index contributed by atoms with van der Waals surface area (Å²) in [5.41, 5.74) is 0.999. The summed E-state index contributed by atoms with van der Waals surface area (Å²) in [6, 6.07) is 3.81. The third-order valence-corrected chi connectivity index (χ3v) is 2.07. The van der Waals surface area contributed by atoms with Gasteiger partial charge >= 0.3 is 0 Å². The Hall–Kier alpha value is -1.49. The monoisotopic (exact) mass is 265 g/mol. The maximum absolute atomic E-state index is 5.43. The van der Waals surface area contributed by atoms with Crippen LogP contribution in [-0.4, -0.2) is 15.0 Å². The summed E-state index contributed by atoms with van der Waals surface area (Å²) in [5, 5.41) is 0. The average Bonchev–Trinajstić information content (AvgIpc) is 2.28. The van der Waals surface area contributed by atoms with Gasteiger partial charge in [0.1, 0.15) is 11.2 Å². The lowest BCUT2D eigenvalue weighted by molar-refractivity contribution is 0.291. The number of pyridine rings is 1. The van der Waals surface area contributed by atoms with E-state index in [1.165, 1.54) is 0 Å². The van der Waals surface area contributed by atoms with Gasteiger partial charge in [0.2, 0.25) is 5.88 Å². The summed E-state index contributed by atoms with van der Waals surface area (Å²) in [5.74, 6) is 0.494. The molecule has 0 unspecified atom stereocenters. The fourth-order valence-electron chi connectivity index (χ4n) is 1.04. The van der Waals surface area contributed by atoms with Crippen molar-refractivity contribution in [2.45, 2.75) is 6.61 Å². The Morgan fingerprint density at radius 3 is 2.87 bits per heavy atom. The zero-order valence-electron chi connectivity index (χ0n) is 7.80. The number of rotatable bonds is 3. The SMILES string of the molecule is Brc1cncc(OCc2cccnc2)n1. The molecule has 0 N–H and O–H groups in total. The van der Waals surface area contributed by atoms with Gasteiger partial charge in [0.15, 0.2) is 0 Å². The normalized spacial score (nSPS) is 9.93. The predicted octanol–water partition coefficient (Wildman–Crippen LogP) is 2.21. The van der Waals surface area contributed by atoms with Crippen LogP contribution in [-0.2, 0) is 6.61 Å². The summed E-state index contributed by atoms with van der Waals surface area (Å²) < 4.78 is 6.09. The number of hydrogen-bond donors (Lipinski definition) is 0. The smallest absolute Gasteiger partial charge is 0.233 e. The van der Waals surface area contributed by atoms with Crippen LogP contribution in [0.3, 0.4) is 0 Å². The molecular formula is C10H8BrN3O. The molecule has 15 heavy (non-hydrogen) atoms. The van der Waals surface area contributed by atoms with Crippen LogP contribution in [0.4, 0.5) is 0 Å². The molecule has 0 aliphatic heterocycles. The minimum absolute atomic E-state index is 0.443. The van der Waals surface area contributed by atoms with Gasteiger partial charge in [0, 0.05) is 18.0 Å². The van der Waals surface area contributed by atoms with Crippen molar-refractivity contribution >= 4 is 15.9 Å². The minimum atomic E-state index is 0.443. The summed E-state index contributed by atoms with van der Waals surface area (Å²) in [7, 11) is 0. The van der Waals surface area contributed by atoms with Crippen LogP contribution >= 0.6 is 15.9 Å². The molecule has 0 aromatic carbocycles. The van der Waals surface area contributed by atoms with Gasteiger partial charge in [-0.3, -0.25) is 9.97 Å². The zero-order chi connectivity index (χ0) is 10.5. The van der Waals surface area contributed by atoms with Crippen molar-refractivity contribution in [3.63, 3.8) is 0 Å². The Morgan fingerprint density at radius 1 is 1.20 bits per heavy atom. The molecule has 0 spiro atoms. The topological polar surface area (TPSA) is 47.9 Å². The summed E-state index contributed by atoms with van der Waals surface area (Å²) in [4.78, 5) is 12.0. The molecule has 2 aromatic heterocycles. The highest BCUT2D eigenvalue weighted by Crippen LogP contribution is 2.11. The first-order valence-corrected chi connectivity index (χ1v) is 5.13. The van der Waals surface area contributed by atoms with E-state index in [0.29, 0.717) is 17.1 Å². The number of hydrogen-bond acceptors (Lipinski definition) is 4. The number of aromatic nitrogens is 3. The van der Waals surface area contributed by atoms with Gasteiger partial charge in [-0.25, -0.2) is 4.98 Å². The van der Waals surface area contributed by atoms with Gasteiger partial charge < -0.3 is 4.74 Å². The highest BCUT2D eigenvalue weighted by atomic mass is 79.9. The maximum Gasteiger partial charge on any atom is 0.233 e. The molecule has 76 valence electrons. The van der Waals surface area contributed by atoms with Crippen LogP contribution < -0.4 is 4.74 Å². The fraction of sp³-hybridized carbons (Fsp3) is 0.100. The van der Waals surface area contributed by atoms with E-state index < -0.39 is 0 Å². The van der Waals surface area contributed by atoms with Crippen molar-refractivity contribution in [1.29, 1.82) is 0 Å². The summed E-state index contributed by atoms with van der Waals surface area (Å²) in [6.45, 7) is 0.443. The third-order valence-electron chi connectivity index (χ3n) is 1.69. The van der Waals surface area contributed by atoms with E-state index in [1.54, 1.807) is 24.8 Å². The molecule has 0 fully saturated rings. The first kappa shape index (κ1) is 10.0. The Kier molecular flexibility index (Phi) is 3.24. The van der Waals surface area contributed by atoms with E-state index in [9.17, 15) is 0 Å². The van der Waals surface area contributed by atoms with E-state index in [0.717, 1.165) is 5.56 Å². The molecule has 2 heterocycles. The van der Waals surface area contributed by atoms with Gasteiger partial charge in [0.05, 0.1) is 12.4 Å². The second-order valence-corrected chi connectivity index (χ2v) is 3.64. The highest BCUT2D eigenvalue weighted by Gasteiger charge is 1.98. The Labute approximate surface area is 95.5 Å². The third kappa shape index (κ3) is 2.99. The Balaban J connectivity index is 1.99. The van der Waals surface area contributed by atoms with E-state index in [4.69, 9.17) is 4.74 Å². The van der Waals surface area contributed by atoms with Crippen molar-refractivity contribution in [3.8, 4) is 5.88 Å². The van der Waals surface area contributed by atoms with E-state index in [1.807, 2.05) is 12.1 Å². The lowest BCUT2D eigenvalue weighted by atomic mass is 10.3. The second-order valence-electron chi connectivity index (χ2n) is 2.83. The van der Waals surface area contributed by atoms with Crippen LogP contribution in [0.25, 0.3) is 0 Å². The molecule has 0 bridgehead atoms.